The van der Waals surface area contributed by atoms with Crippen LogP contribution in [0, 0.1) is 0 Å². The second-order valence-electron chi connectivity index (χ2n) is 4.30. The van der Waals surface area contributed by atoms with Crippen molar-refractivity contribution in [2.45, 2.75) is 39.7 Å². The van der Waals surface area contributed by atoms with Crippen molar-refractivity contribution in [2.75, 3.05) is 13.1 Å². The Bertz CT molecular complexity index is 249. The van der Waals surface area contributed by atoms with Gasteiger partial charge >= 0.3 is 0 Å². The molecule has 0 bridgehead atoms. The molecule has 0 aromatic heterocycles. The zero-order chi connectivity index (χ0) is 10.6. The molecule has 2 heteroatoms. The van der Waals surface area contributed by atoms with Crippen LogP contribution in [0.25, 0.3) is 0 Å². The van der Waals surface area contributed by atoms with Crippen LogP contribution in [0.15, 0.2) is 22.8 Å². The molecule has 2 N–H and O–H groups in total. The van der Waals surface area contributed by atoms with Crippen molar-refractivity contribution >= 4 is 0 Å². The van der Waals surface area contributed by atoms with E-state index in [1.165, 1.54) is 16.7 Å². The number of aliphatic hydroxyl groups is 1. The molecular formula is C12H21NO. The first-order valence-electron chi connectivity index (χ1n) is 5.31. The molecule has 1 aliphatic heterocycles. The Labute approximate surface area is 86.7 Å². The first kappa shape index (κ1) is 11.5. The Hall–Kier alpha value is -0.600. The fourth-order valence-electron chi connectivity index (χ4n) is 1.54. The largest absolute Gasteiger partial charge is 0.388 e. The summed E-state index contributed by atoms with van der Waals surface area (Å²) < 4.78 is 0. The average molecular weight is 195 g/mol. The lowest BCUT2D eigenvalue weighted by atomic mass is 10.00. The van der Waals surface area contributed by atoms with E-state index in [1.807, 2.05) is 6.08 Å². The van der Waals surface area contributed by atoms with Gasteiger partial charge in [-0.15, -0.1) is 0 Å². The molecule has 80 valence electrons. The predicted molar refractivity (Wildman–Crippen MR) is 60.2 cm³/mol. The van der Waals surface area contributed by atoms with Gasteiger partial charge in [0.05, 0.1) is 6.10 Å². The lowest BCUT2D eigenvalue weighted by molar-refractivity contribution is 0.212. The van der Waals surface area contributed by atoms with Gasteiger partial charge in [0.15, 0.2) is 0 Å². The fraction of sp³-hybridized carbons (Fsp3) is 0.667. The molecule has 0 saturated heterocycles. The van der Waals surface area contributed by atoms with E-state index in [0.29, 0.717) is 6.54 Å². The zero-order valence-electron chi connectivity index (χ0n) is 9.43. The van der Waals surface area contributed by atoms with Gasteiger partial charge in [0.2, 0.25) is 0 Å². The van der Waals surface area contributed by atoms with Crippen molar-refractivity contribution < 1.29 is 5.11 Å². The van der Waals surface area contributed by atoms with E-state index in [2.05, 4.69) is 26.1 Å². The van der Waals surface area contributed by atoms with Crippen molar-refractivity contribution in [3.63, 3.8) is 0 Å². The molecule has 0 aromatic carbocycles. The van der Waals surface area contributed by atoms with Crippen LogP contribution in [0.5, 0.6) is 0 Å². The minimum Gasteiger partial charge on any atom is -0.388 e. The second kappa shape index (κ2) is 5.32. The number of aliphatic hydroxyl groups excluding tert-OH is 1. The smallest absolute Gasteiger partial charge is 0.0848 e. The maximum Gasteiger partial charge on any atom is 0.0848 e. The van der Waals surface area contributed by atoms with Crippen molar-refractivity contribution in [3.8, 4) is 0 Å². The van der Waals surface area contributed by atoms with Crippen LogP contribution in [0.2, 0.25) is 0 Å². The summed E-state index contributed by atoms with van der Waals surface area (Å²) in [7, 11) is 0. The predicted octanol–water partition coefficient (Wildman–Crippen LogP) is 2.01. The second-order valence-corrected chi connectivity index (χ2v) is 4.30. The summed E-state index contributed by atoms with van der Waals surface area (Å²) in [4.78, 5) is 0. The SMILES string of the molecule is CC(C)=C(C)CCC1=CC(O)CNC1. The molecule has 0 radical (unpaired) electrons. The molecule has 1 atom stereocenters. The summed E-state index contributed by atoms with van der Waals surface area (Å²) in [5.74, 6) is 0. The Morgan fingerprint density at radius 2 is 2.21 bits per heavy atom. The molecule has 0 aromatic rings. The summed E-state index contributed by atoms with van der Waals surface area (Å²) in [6.07, 6.45) is 3.89. The van der Waals surface area contributed by atoms with E-state index in [1.54, 1.807) is 0 Å². The highest BCUT2D eigenvalue weighted by atomic mass is 16.3. The summed E-state index contributed by atoms with van der Waals surface area (Å²) in [6, 6.07) is 0. The molecule has 2 nitrogen and oxygen atoms in total. The van der Waals surface area contributed by atoms with E-state index in [9.17, 15) is 5.11 Å². The van der Waals surface area contributed by atoms with Crippen molar-refractivity contribution in [1.29, 1.82) is 0 Å². The van der Waals surface area contributed by atoms with Crippen LogP contribution in [-0.4, -0.2) is 24.3 Å². The molecule has 0 saturated carbocycles. The fourth-order valence-corrected chi connectivity index (χ4v) is 1.54. The van der Waals surface area contributed by atoms with Crippen LogP contribution in [0.1, 0.15) is 33.6 Å². The monoisotopic (exact) mass is 195 g/mol. The Balaban J connectivity index is 2.42. The van der Waals surface area contributed by atoms with Crippen molar-refractivity contribution in [3.05, 3.63) is 22.8 Å². The van der Waals surface area contributed by atoms with Gasteiger partial charge in [-0.25, -0.2) is 0 Å². The topological polar surface area (TPSA) is 32.3 Å². The highest BCUT2D eigenvalue weighted by Gasteiger charge is 2.09. The maximum atomic E-state index is 9.40. The molecule has 1 unspecified atom stereocenters. The van der Waals surface area contributed by atoms with Crippen LogP contribution in [0.4, 0.5) is 0 Å². The minimum atomic E-state index is -0.286. The molecular weight excluding hydrogens is 174 g/mol. The van der Waals surface area contributed by atoms with E-state index in [-0.39, 0.29) is 6.10 Å². The maximum absolute atomic E-state index is 9.40. The average Bonchev–Trinajstić information content (AvgIpc) is 2.14. The molecule has 0 amide bonds. The third-order valence-corrected chi connectivity index (χ3v) is 2.81. The lowest BCUT2D eigenvalue weighted by Crippen LogP contribution is -2.32. The van der Waals surface area contributed by atoms with Crippen molar-refractivity contribution in [2.24, 2.45) is 0 Å². The summed E-state index contributed by atoms with van der Waals surface area (Å²) in [5, 5.41) is 12.6. The third kappa shape index (κ3) is 3.64. The van der Waals surface area contributed by atoms with Gasteiger partial charge in [-0.2, -0.15) is 0 Å². The van der Waals surface area contributed by atoms with Gasteiger partial charge in [-0.05, 0) is 33.6 Å². The Kier molecular flexibility index (Phi) is 4.36. The number of rotatable bonds is 3. The molecule has 1 aliphatic rings. The van der Waals surface area contributed by atoms with E-state index < -0.39 is 0 Å². The number of hydrogen-bond acceptors (Lipinski definition) is 2. The van der Waals surface area contributed by atoms with Gasteiger partial charge < -0.3 is 10.4 Å². The number of β-amino-alcohol motifs (C(OH)–C–C–N with tert-alkyl or cyclic N) is 1. The highest BCUT2D eigenvalue weighted by Crippen LogP contribution is 2.15. The minimum absolute atomic E-state index is 0.286. The van der Waals surface area contributed by atoms with E-state index >= 15 is 0 Å². The molecule has 1 heterocycles. The summed E-state index contributed by atoms with van der Waals surface area (Å²) >= 11 is 0. The quantitative estimate of drug-likeness (QED) is 0.675. The zero-order valence-corrected chi connectivity index (χ0v) is 9.43. The Morgan fingerprint density at radius 1 is 1.50 bits per heavy atom. The third-order valence-electron chi connectivity index (χ3n) is 2.81. The summed E-state index contributed by atoms with van der Waals surface area (Å²) in [5.41, 5.74) is 4.21. The van der Waals surface area contributed by atoms with Gasteiger partial charge in [0.1, 0.15) is 0 Å². The van der Waals surface area contributed by atoms with Crippen LogP contribution >= 0.6 is 0 Å². The molecule has 14 heavy (non-hydrogen) atoms. The van der Waals surface area contributed by atoms with Gasteiger partial charge in [0.25, 0.3) is 0 Å². The first-order chi connectivity index (χ1) is 6.59. The molecule has 0 aliphatic carbocycles. The normalized spacial score (nSPS) is 21.7. The molecule has 0 fully saturated rings. The summed E-state index contributed by atoms with van der Waals surface area (Å²) in [6.45, 7) is 8.12. The van der Waals surface area contributed by atoms with Crippen LogP contribution < -0.4 is 5.32 Å². The number of allylic oxidation sites excluding steroid dienone is 2. The first-order valence-corrected chi connectivity index (χ1v) is 5.31. The molecule has 1 rings (SSSR count). The highest BCUT2D eigenvalue weighted by molar-refractivity contribution is 5.15. The lowest BCUT2D eigenvalue weighted by Gasteiger charge is -2.18. The van der Waals surface area contributed by atoms with Crippen molar-refractivity contribution in [1.82, 2.24) is 5.32 Å². The Morgan fingerprint density at radius 3 is 2.79 bits per heavy atom. The number of nitrogens with one attached hydrogen (secondary N) is 1. The van der Waals surface area contributed by atoms with Crippen LogP contribution in [-0.2, 0) is 0 Å². The van der Waals surface area contributed by atoms with Gasteiger partial charge in [0, 0.05) is 13.1 Å². The molecule has 0 spiro atoms. The van der Waals surface area contributed by atoms with Gasteiger partial charge in [-0.3, -0.25) is 0 Å². The van der Waals surface area contributed by atoms with E-state index in [4.69, 9.17) is 0 Å². The van der Waals surface area contributed by atoms with E-state index in [0.717, 1.165) is 19.4 Å². The van der Waals surface area contributed by atoms with Crippen LogP contribution in [0.3, 0.4) is 0 Å². The van der Waals surface area contributed by atoms with Gasteiger partial charge in [-0.1, -0.05) is 22.8 Å². The standard InChI is InChI=1S/C12H21NO/c1-9(2)10(3)4-5-11-6-12(14)8-13-7-11/h6,12-14H,4-5,7-8H2,1-3H3. The number of hydrogen-bond donors (Lipinski definition) is 2.